The highest BCUT2D eigenvalue weighted by atomic mass is 19.4. The zero-order valence-electron chi connectivity index (χ0n) is 14.6. The molecule has 136 valence electrons. The molecule has 0 atom stereocenters. The number of para-hydroxylation sites is 1. The first-order chi connectivity index (χ1) is 12.8. The molecule has 0 saturated carbocycles. The van der Waals surface area contributed by atoms with Crippen molar-refractivity contribution >= 4 is 11.6 Å². The maximum Gasteiger partial charge on any atom is 0.417 e. The summed E-state index contributed by atoms with van der Waals surface area (Å²) in [5.41, 5.74) is 2.63. The lowest BCUT2D eigenvalue weighted by Crippen LogP contribution is -2.05. The Morgan fingerprint density at radius 2 is 1.81 bits per heavy atom. The predicted octanol–water partition coefficient (Wildman–Crippen LogP) is 4.97. The topological polar surface area (TPSA) is 54.5 Å². The van der Waals surface area contributed by atoms with E-state index in [1.807, 2.05) is 50.2 Å². The summed E-state index contributed by atoms with van der Waals surface area (Å²) in [5, 5.41) is 14.0. The average Bonchev–Trinajstić information content (AvgIpc) is 2.94. The summed E-state index contributed by atoms with van der Waals surface area (Å²) < 4.78 is 39.8. The number of rotatable bonds is 3. The van der Waals surface area contributed by atoms with Gasteiger partial charge in [0, 0.05) is 17.5 Å². The van der Waals surface area contributed by atoms with Crippen LogP contribution in [0.2, 0.25) is 0 Å². The summed E-state index contributed by atoms with van der Waals surface area (Å²) in [6, 6.07) is 13.6. The normalized spacial score (nSPS) is 12.1. The van der Waals surface area contributed by atoms with E-state index in [-0.39, 0.29) is 11.3 Å². The third-order valence-electron chi connectivity index (χ3n) is 4.12. The summed E-state index contributed by atoms with van der Waals surface area (Å²) in [6.07, 6.45) is -2.13. The standard InChI is InChI=1S/C20H15F3N4/c1-13-18(14(2)27(26-13)17-6-4-3-5-7-17)10-15(11-24)19-9-8-16(12-25-19)20(21,22)23/h3-10,12H,1-2H3/b15-10+. The van der Waals surface area contributed by atoms with E-state index in [4.69, 9.17) is 0 Å². The second-order valence-electron chi connectivity index (χ2n) is 5.93. The molecule has 0 aliphatic carbocycles. The molecule has 0 aliphatic rings. The number of alkyl halides is 3. The van der Waals surface area contributed by atoms with E-state index in [2.05, 4.69) is 10.1 Å². The summed E-state index contributed by atoms with van der Waals surface area (Å²) >= 11 is 0. The number of nitrogens with zero attached hydrogens (tertiary/aromatic N) is 4. The molecule has 2 heterocycles. The monoisotopic (exact) mass is 368 g/mol. The lowest BCUT2D eigenvalue weighted by Gasteiger charge is -2.06. The van der Waals surface area contributed by atoms with Gasteiger partial charge in [0.15, 0.2) is 0 Å². The van der Waals surface area contributed by atoms with Gasteiger partial charge in [-0.25, -0.2) is 4.68 Å². The molecule has 0 fully saturated rings. The fraction of sp³-hybridized carbons (Fsp3) is 0.150. The van der Waals surface area contributed by atoms with Gasteiger partial charge in [0.2, 0.25) is 0 Å². The number of hydrogen-bond donors (Lipinski definition) is 0. The largest absolute Gasteiger partial charge is 0.417 e. The van der Waals surface area contributed by atoms with Gasteiger partial charge in [0.05, 0.1) is 28.2 Å². The van der Waals surface area contributed by atoms with E-state index in [9.17, 15) is 18.4 Å². The van der Waals surface area contributed by atoms with E-state index < -0.39 is 11.7 Å². The summed E-state index contributed by atoms with van der Waals surface area (Å²) in [7, 11) is 0. The van der Waals surface area contributed by atoms with Crippen LogP contribution in [0.15, 0.2) is 48.7 Å². The van der Waals surface area contributed by atoms with Crippen LogP contribution in [-0.4, -0.2) is 14.8 Å². The Labute approximate surface area is 154 Å². The minimum atomic E-state index is -4.47. The Bertz CT molecular complexity index is 1020. The van der Waals surface area contributed by atoms with Gasteiger partial charge in [-0.05, 0) is 44.2 Å². The highest BCUT2D eigenvalue weighted by molar-refractivity contribution is 5.89. The molecule has 0 unspecified atom stereocenters. The third-order valence-corrected chi connectivity index (χ3v) is 4.12. The van der Waals surface area contributed by atoms with Crippen molar-refractivity contribution in [3.05, 3.63) is 76.9 Å². The second-order valence-corrected chi connectivity index (χ2v) is 5.93. The predicted molar refractivity (Wildman–Crippen MR) is 95.8 cm³/mol. The first-order valence-electron chi connectivity index (χ1n) is 8.08. The Morgan fingerprint density at radius 1 is 1.11 bits per heavy atom. The quantitative estimate of drug-likeness (QED) is 0.614. The van der Waals surface area contributed by atoms with Crippen molar-refractivity contribution in [1.29, 1.82) is 5.26 Å². The lowest BCUT2D eigenvalue weighted by molar-refractivity contribution is -0.137. The Balaban J connectivity index is 2.02. The molecular weight excluding hydrogens is 353 g/mol. The van der Waals surface area contributed by atoms with Crippen molar-refractivity contribution in [1.82, 2.24) is 14.8 Å². The first-order valence-corrected chi connectivity index (χ1v) is 8.08. The Hall–Kier alpha value is -3.40. The number of nitriles is 1. The summed E-state index contributed by atoms with van der Waals surface area (Å²) in [5.74, 6) is 0. The van der Waals surface area contributed by atoms with Crippen LogP contribution in [-0.2, 0) is 6.18 Å². The number of benzene rings is 1. The van der Waals surface area contributed by atoms with Crippen LogP contribution < -0.4 is 0 Å². The SMILES string of the molecule is Cc1nn(-c2ccccc2)c(C)c1/C=C(\C#N)c1ccc(C(F)(F)F)cn1. The van der Waals surface area contributed by atoms with E-state index in [0.717, 1.165) is 29.2 Å². The smallest absolute Gasteiger partial charge is 0.255 e. The van der Waals surface area contributed by atoms with Gasteiger partial charge in [-0.1, -0.05) is 18.2 Å². The second kappa shape index (κ2) is 7.08. The van der Waals surface area contributed by atoms with Crippen molar-refractivity contribution < 1.29 is 13.2 Å². The van der Waals surface area contributed by atoms with Gasteiger partial charge in [-0.3, -0.25) is 4.98 Å². The van der Waals surface area contributed by atoms with Crippen molar-refractivity contribution in [2.24, 2.45) is 0 Å². The highest BCUT2D eigenvalue weighted by Gasteiger charge is 2.30. The highest BCUT2D eigenvalue weighted by Crippen LogP contribution is 2.29. The zero-order chi connectivity index (χ0) is 19.6. The van der Waals surface area contributed by atoms with Gasteiger partial charge in [-0.15, -0.1) is 0 Å². The minimum Gasteiger partial charge on any atom is -0.255 e. The summed E-state index contributed by atoms with van der Waals surface area (Å²) in [6.45, 7) is 3.68. The van der Waals surface area contributed by atoms with Gasteiger partial charge in [0.25, 0.3) is 0 Å². The molecule has 0 bridgehead atoms. The van der Waals surface area contributed by atoms with Crippen LogP contribution in [0, 0.1) is 25.2 Å². The van der Waals surface area contributed by atoms with Crippen molar-refractivity contribution in [2.45, 2.75) is 20.0 Å². The fourth-order valence-electron chi connectivity index (χ4n) is 2.71. The van der Waals surface area contributed by atoms with Crippen molar-refractivity contribution in [3.8, 4) is 11.8 Å². The third kappa shape index (κ3) is 3.75. The molecule has 0 saturated heterocycles. The molecule has 4 nitrogen and oxygen atoms in total. The molecule has 0 amide bonds. The maximum absolute atomic E-state index is 12.7. The van der Waals surface area contributed by atoms with Gasteiger partial charge in [-0.2, -0.15) is 23.5 Å². The molecule has 3 rings (SSSR count). The molecule has 3 aromatic rings. The molecule has 1 aromatic carbocycles. The number of pyridine rings is 1. The van der Waals surface area contributed by atoms with E-state index in [1.54, 1.807) is 10.8 Å². The Kier molecular flexibility index (Phi) is 4.82. The molecule has 2 aromatic heterocycles. The Morgan fingerprint density at radius 3 is 2.37 bits per heavy atom. The summed E-state index contributed by atoms with van der Waals surface area (Å²) in [4.78, 5) is 3.80. The van der Waals surface area contributed by atoms with Crippen LogP contribution in [0.25, 0.3) is 17.3 Å². The van der Waals surface area contributed by atoms with Gasteiger partial charge < -0.3 is 0 Å². The molecule has 0 spiro atoms. The number of halogens is 3. The lowest BCUT2D eigenvalue weighted by atomic mass is 10.1. The van der Waals surface area contributed by atoms with Crippen LogP contribution in [0.4, 0.5) is 13.2 Å². The molecule has 27 heavy (non-hydrogen) atoms. The molecule has 7 heteroatoms. The van der Waals surface area contributed by atoms with Crippen molar-refractivity contribution in [2.75, 3.05) is 0 Å². The van der Waals surface area contributed by atoms with Crippen LogP contribution >= 0.6 is 0 Å². The number of hydrogen-bond acceptors (Lipinski definition) is 3. The fourth-order valence-corrected chi connectivity index (χ4v) is 2.71. The van der Waals surface area contributed by atoms with E-state index >= 15 is 0 Å². The molecule has 0 N–H and O–H groups in total. The maximum atomic E-state index is 12.7. The van der Waals surface area contributed by atoms with E-state index in [1.165, 1.54) is 6.07 Å². The van der Waals surface area contributed by atoms with E-state index in [0.29, 0.717) is 5.69 Å². The molecule has 0 aliphatic heterocycles. The average molecular weight is 368 g/mol. The van der Waals surface area contributed by atoms with Crippen molar-refractivity contribution in [3.63, 3.8) is 0 Å². The van der Waals surface area contributed by atoms with Crippen LogP contribution in [0.5, 0.6) is 0 Å². The molecule has 0 radical (unpaired) electrons. The zero-order valence-corrected chi connectivity index (χ0v) is 14.6. The number of aryl methyl sites for hydroxylation is 1. The van der Waals surface area contributed by atoms with Crippen LogP contribution in [0.3, 0.4) is 0 Å². The number of allylic oxidation sites excluding steroid dienone is 1. The van der Waals surface area contributed by atoms with Gasteiger partial charge in [0.1, 0.15) is 6.07 Å². The number of aromatic nitrogens is 3. The minimum absolute atomic E-state index is 0.169. The van der Waals surface area contributed by atoms with Crippen LogP contribution in [0.1, 0.15) is 28.2 Å². The van der Waals surface area contributed by atoms with Gasteiger partial charge >= 0.3 is 6.18 Å². The molecular formula is C20H15F3N4. The first kappa shape index (κ1) is 18.4.